The zero-order valence-corrected chi connectivity index (χ0v) is 27.2. The Kier molecular flexibility index (Phi) is 8.41. The van der Waals surface area contributed by atoms with Crippen LogP contribution in [0.4, 0.5) is 11.4 Å². The molecule has 0 radical (unpaired) electrons. The molecule has 3 aliphatic heterocycles. The molecule has 4 aromatic rings. The summed E-state index contributed by atoms with van der Waals surface area (Å²) in [7, 11) is 3.79. The molecule has 0 unspecified atom stereocenters. The number of fused-ring (bicyclic) bond motifs is 2. The molecule has 240 valence electrons. The molecule has 0 spiro atoms. The van der Waals surface area contributed by atoms with Gasteiger partial charge in [-0.1, -0.05) is 35.9 Å². The normalized spacial score (nSPS) is 17.0. The third kappa shape index (κ3) is 5.62. The van der Waals surface area contributed by atoms with Gasteiger partial charge in [-0.15, -0.1) is 0 Å². The summed E-state index contributed by atoms with van der Waals surface area (Å²) < 4.78 is 9.34. The highest BCUT2D eigenvalue weighted by Gasteiger charge is 2.30. The summed E-state index contributed by atoms with van der Waals surface area (Å²) in [6, 6.07) is 11.8. The van der Waals surface area contributed by atoms with Gasteiger partial charge in [0.25, 0.3) is 11.8 Å². The van der Waals surface area contributed by atoms with Gasteiger partial charge in [0.2, 0.25) is 0 Å². The number of anilines is 2. The van der Waals surface area contributed by atoms with Crippen molar-refractivity contribution in [2.24, 2.45) is 14.1 Å². The molecule has 11 nitrogen and oxygen atoms in total. The van der Waals surface area contributed by atoms with Crippen LogP contribution in [0.25, 0.3) is 11.1 Å². The van der Waals surface area contributed by atoms with Crippen molar-refractivity contribution in [3.63, 3.8) is 0 Å². The Hall–Kier alpha value is -4.03. The number of halogens is 1. The Bertz CT molecular complexity index is 1820. The zero-order chi connectivity index (χ0) is 31.9. The Morgan fingerprint density at radius 2 is 1.52 bits per heavy atom. The highest BCUT2D eigenvalue weighted by molar-refractivity contribution is 6.36. The maximum Gasteiger partial charge on any atom is 0.291 e. The van der Waals surface area contributed by atoms with Crippen LogP contribution < -0.4 is 16.0 Å². The lowest BCUT2D eigenvalue weighted by Crippen LogP contribution is -2.42. The van der Waals surface area contributed by atoms with E-state index < -0.39 is 0 Å². The average molecular weight is 643 g/mol. The molecule has 3 N–H and O–H groups in total. The van der Waals surface area contributed by atoms with E-state index in [4.69, 9.17) is 21.3 Å². The number of ether oxygens (including phenoxy) is 1. The molecular formula is C34H39ClN8O3. The standard InChI is InChI=1S/C34H39ClN8O3/c1-20-22(23-7-5-9-25(30(23)35)40-34(45)31-37-26-18-36-14-10-28(26)41(31)2)6-4-8-24(20)39-33(44)32-38-27-19-43(15-11-29(27)42(32)3)21-12-16-46-17-13-21/h4-9,21,36H,10-19H2,1-3H3,(H,39,44)(H,40,45). The molecule has 0 bridgehead atoms. The van der Waals surface area contributed by atoms with E-state index >= 15 is 0 Å². The van der Waals surface area contributed by atoms with Crippen LogP contribution in [-0.4, -0.2) is 68.2 Å². The van der Waals surface area contributed by atoms with Gasteiger partial charge in [-0.25, -0.2) is 9.97 Å². The number of nitrogens with zero attached hydrogens (tertiary/aromatic N) is 5. The number of benzene rings is 2. The molecule has 2 aromatic carbocycles. The molecule has 46 heavy (non-hydrogen) atoms. The summed E-state index contributed by atoms with van der Waals surface area (Å²) >= 11 is 6.92. The van der Waals surface area contributed by atoms with Crippen LogP contribution in [0.1, 0.15) is 62.4 Å². The maximum absolute atomic E-state index is 13.6. The van der Waals surface area contributed by atoms with E-state index in [2.05, 4.69) is 25.8 Å². The minimum Gasteiger partial charge on any atom is -0.381 e. The monoisotopic (exact) mass is 642 g/mol. The number of carbonyl (C=O) groups excluding carboxylic acids is 2. The topological polar surface area (TPSA) is 118 Å². The van der Waals surface area contributed by atoms with E-state index in [1.165, 1.54) is 0 Å². The van der Waals surface area contributed by atoms with Gasteiger partial charge >= 0.3 is 0 Å². The van der Waals surface area contributed by atoms with E-state index in [1.54, 1.807) is 6.07 Å². The van der Waals surface area contributed by atoms with Gasteiger partial charge in [-0.2, -0.15) is 0 Å². The molecular weight excluding hydrogens is 604 g/mol. The minimum absolute atomic E-state index is 0.255. The lowest BCUT2D eigenvalue weighted by atomic mass is 9.98. The van der Waals surface area contributed by atoms with Crippen molar-refractivity contribution < 1.29 is 14.3 Å². The summed E-state index contributed by atoms with van der Waals surface area (Å²) in [5.41, 5.74) is 7.68. The molecule has 3 aliphatic rings. The highest BCUT2D eigenvalue weighted by atomic mass is 35.5. The van der Waals surface area contributed by atoms with E-state index in [0.29, 0.717) is 40.6 Å². The highest BCUT2D eigenvalue weighted by Crippen LogP contribution is 2.38. The molecule has 7 rings (SSSR count). The number of amides is 2. The number of hydrogen-bond donors (Lipinski definition) is 3. The van der Waals surface area contributed by atoms with Gasteiger partial charge in [0.1, 0.15) is 0 Å². The molecule has 1 fully saturated rings. The van der Waals surface area contributed by atoms with Crippen molar-refractivity contribution in [3.8, 4) is 11.1 Å². The van der Waals surface area contributed by atoms with Crippen molar-refractivity contribution in [1.29, 1.82) is 0 Å². The van der Waals surface area contributed by atoms with Gasteiger partial charge in [0, 0.05) is 95.0 Å². The first-order valence-corrected chi connectivity index (χ1v) is 16.3. The van der Waals surface area contributed by atoms with Crippen LogP contribution in [0.15, 0.2) is 36.4 Å². The molecule has 2 aromatic heterocycles. The molecule has 0 aliphatic carbocycles. The fraction of sp³-hybridized carbons (Fsp3) is 0.412. The third-order valence-electron chi connectivity index (χ3n) is 9.65. The summed E-state index contributed by atoms with van der Waals surface area (Å²) in [4.78, 5) is 38.8. The van der Waals surface area contributed by atoms with Gasteiger partial charge in [0.05, 0.1) is 22.1 Å². The van der Waals surface area contributed by atoms with Crippen molar-refractivity contribution in [2.75, 3.05) is 36.9 Å². The number of aromatic nitrogens is 4. The van der Waals surface area contributed by atoms with Crippen molar-refractivity contribution in [2.45, 2.75) is 51.7 Å². The van der Waals surface area contributed by atoms with E-state index in [0.717, 1.165) is 98.0 Å². The van der Waals surface area contributed by atoms with E-state index in [1.807, 2.05) is 60.5 Å². The van der Waals surface area contributed by atoms with Gasteiger partial charge < -0.3 is 29.8 Å². The summed E-state index contributed by atoms with van der Waals surface area (Å²) in [5, 5.41) is 9.77. The first-order chi connectivity index (χ1) is 22.3. The smallest absolute Gasteiger partial charge is 0.291 e. The Labute approximate surface area is 273 Å². The number of nitrogens with one attached hydrogen (secondary N) is 3. The van der Waals surface area contributed by atoms with Crippen LogP contribution in [0.2, 0.25) is 5.02 Å². The molecule has 0 atom stereocenters. The number of imidazole rings is 2. The van der Waals surface area contributed by atoms with Gasteiger partial charge in [0.15, 0.2) is 11.6 Å². The van der Waals surface area contributed by atoms with Gasteiger partial charge in [-0.05, 0) is 43.0 Å². The lowest BCUT2D eigenvalue weighted by molar-refractivity contribution is 0.0283. The van der Waals surface area contributed by atoms with Crippen LogP contribution >= 0.6 is 11.6 Å². The van der Waals surface area contributed by atoms with Crippen molar-refractivity contribution in [1.82, 2.24) is 29.3 Å². The number of carbonyl (C=O) groups is 2. The predicted octanol–water partition coefficient (Wildman–Crippen LogP) is 4.47. The van der Waals surface area contributed by atoms with Crippen LogP contribution in [0.3, 0.4) is 0 Å². The number of hydrogen-bond acceptors (Lipinski definition) is 7. The lowest BCUT2D eigenvalue weighted by Gasteiger charge is -2.36. The minimum atomic E-state index is -0.317. The molecule has 1 saturated heterocycles. The van der Waals surface area contributed by atoms with Crippen LogP contribution in [-0.2, 0) is 44.8 Å². The Morgan fingerprint density at radius 3 is 2.24 bits per heavy atom. The second-order valence-corrected chi connectivity index (χ2v) is 12.7. The second kappa shape index (κ2) is 12.6. The van der Waals surface area contributed by atoms with Gasteiger partial charge in [-0.3, -0.25) is 14.5 Å². The first-order valence-electron chi connectivity index (χ1n) is 15.9. The summed E-state index contributed by atoms with van der Waals surface area (Å²) in [6.07, 6.45) is 3.76. The Balaban J connectivity index is 1.09. The predicted molar refractivity (Wildman–Crippen MR) is 177 cm³/mol. The Morgan fingerprint density at radius 1 is 0.891 bits per heavy atom. The SMILES string of the molecule is Cc1c(NC(=O)c2nc3c(n2C)CCN(C2CCOCC2)C3)cccc1-c1cccc(NC(=O)c2nc3c(n2C)CCNC3)c1Cl. The fourth-order valence-electron chi connectivity index (χ4n) is 7.03. The van der Waals surface area contributed by atoms with Crippen molar-refractivity contribution in [3.05, 3.63) is 81.4 Å². The maximum atomic E-state index is 13.6. The molecule has 2 amide bonds. The summed E-state index contributed by atoms with van der Waals surface area (Å²) in [5.74, 6) is 0.179. The quantitative estimate of drug-likeness (QED) is 0.284. The molecule has 5 heterocycles. The number of rotatable bonds is 6. The average Bonchev–Trinajstić information content (AvgIpc) is 3.59. The molecule has 0 saturated carbocycles. The van der Waals surface area contributed by atoms with Crippen molar-refractivity contribution >= 4 is 34.8 Å². The van der Waals surface area contributed by atoms with Crippen LogP contribution in [0.5, 0.6) is 0 Å². The third-order valence-corrected chi connectivity index (χ3v) is 10.1. The fourth-order valence-corrected chi connectivity index (χ4v) is 7.30. The van der Waals surface area contributed by atoms with E-state index in [-0.39, 0.29) is 11.8 Å². The second-order valence-electron chi connectivity index (χ2n) is 12.3. The first kappa shape index (κ1) is 30.6. The van der Waals surface area contributed by atoms with E-state index in [9.17, 15) is 9.59 Å². The van der Waals surface area contributed by atoms with Crippen LogP contribution in [0, 0.1) is 6.92 Å². The molecule has 12 heteroatoms. The largest absolute Gasteiger partial charge is 0.381 e. The zero-order valence-electron chi connectivity index (χ0n) is 26.5. The summed E-state index contributed by atoms with van der Waals surface area (Å²) in [6.45, 7) is 6.78.